The van der Waals surface area contributed by atoms with Gasteiger partial charge in [0.05, 0.1) is 17.9 Å². The Morgan fingerprint density at radius 1 is 1.58 bits per heavy atom. The van der Waals surface area contributed by atoms with Crippen molar-refractivity contribution < 1.29 is 19.1 Å². The van der Waals surface area contributed by atoms with Crippen LogP contribution < -0.4 is 5.32 Å². The predicted octanol–water partition coefficient (Wildman–Crippen LogP) is 1.85. The quantitative estimate of drug-likeness (QED) is 0.872. The van der Waals surface area contributed by atoms with Gasteiger partial charge in [-0.25, -0.2) is 4.98 Å². The third-order valence-electron chi connectivity index (χ3n) is 2.47. The van der Waals surface area contributed by atoms with Crippen LogP contribution in [0.5, 0.6) is 0 Å². The molecule has 0 fully saturated rings. The number of carbonyl (C=O) groups is 2. The summed E-state index contributed by atoms with van der Waals surface area (Å²) in [6.45, 7) is 1.81. The number of thiazole rings is 1. The fourth-order valence-corrected chi connectivity index (χ4v) is 2.25. The van der Waals surface area contributed by atoms with E-state index in [9.17, 15) is 9.59 Å². The van der Waals surface area contributed by atoms with Crippen LogP contribution in [0.2, 0.25) is 0 Å². The third kappa shape index (κ3) is 3.19. The number of amides is 1. The molecule has 0 aromatic carbocycles. The molecule has 0 aliphatic rings. The van der Waals surface area contributed by atoms with Gasteiger partial charge in [-0.05, 0) is 13.0 Å². The largest absolute Gasteiger partial charge is 0.481 e. The van der Waals surface area contributed by atoms with Gasteiger partial charge >= 0.3 is 5.97 Å². The van der Waals surface area contributed by atoms with Gasteiger partial charge in [-0.3, -0.25) is 9.59 Å². The van der Waals surface area contributed by atoms with E-state index in [0.29, 0.717) is 0 Å². The molecule has 1 atom stereocenters. The molecule has 2 aromatic rings. The van der Waals surface area contributed by atoms with Crippen LogP contribution in [0.4, 0.5) is 0 Å². The summed E-state index contributed by atoms with van der Waals surface area (Å²) in [6.07, 6.45) is 2.65. The molecule has 19 heavy (non-hydrogen) atoms. The second kappa shape index (κ2) is 5.66. The van der Waals surface area contributed by atoms with Gasteiger partial charge in [-0.1, -0.05) is 0 Å². The normalized spacial score (nSPS) is 12.1. The summed E-state index contributed by atoms with van der Waals surface area (Å²) in [4.78, 5) is 26.8. The second-order valence-corrected chi connectivity index (χ2v) is 4.82. The Morgan fingerprint density at radius 2 is 2.37 bits per heavy atom. The standard InChI is InChI=1S/C12H12N2O4S/c1-7(12-13-3-5-19-12)14-11(17)8-2-4-18-9(8)6-10(15)16/h2-5,7H,6H2,1H3,(H,14,17)(H,15,16). The topological polar surface area (TPSA) is 92.4 Å². The van der Waals surface area contributed by atoms with E-state index in [1.807, 2.05) is 12.3 Å². The van der Waals surface area contributed by atoms with Crippen LogP contribution in [-0.4, -0.2) is 22.0 Å². The zero-order chi connectivity index (χ0) is 13.8. The lowest BCUT2D eigenvalue weighted by Gasteiger charge is -2.10. The molecule has 0 aliphatic carbocycles. The number of aliphatic carboxylic acids is 1. The van der Waals surface area contributed by atoms with Crippen molar-refractivity contribution in [3.63, 3.8) is 0 Å². The van der Waals surface area contributed by atoms with Crippen molar-refractivity contribution in [2.75, 3.05) is 0 Å². The Labute approximate surface area is 113 Å². The van der Waals surface area contributed by atoms with Crippen LogP contribution in [-0.2, 0) is 11.2 Å². The zero-order valence-corrected chi connectivity index (χ0v) is 10.9. The van der Waals surface area contributed by atoms with Gasteiger partial charge in [-0.2, -0.15) is 0 Å². The van der Waals surface area contributed by atoms with Crippen LogP contribution >= 0.6 is 11.3 Å². The highest BCUT2D eigenvalue weighted by atomic mass is 32.1. The smallest absolute Gasteiger partial charge is 0.311 e. The molecule has 0 saturated carbocycles. The minimum atomic E-state index is -1.04. The molecule has 0 saturated heterocycles. The molecular weight excluding hydrogens is 268 g/mol. The van der Waals surface area contributed by atoms with Crippen LogP contribution in [0, 0.1) is 0 Å². The fraction of sp³-hybridized carbons (Fsp3) is 0.250. The lowest BCUT2D eigenvalue weighted by atomic mass is 10.2. The summed E-state index contributed by atoms with van der Waals surface area (Å²) in [5.74, 6) is -1.26. The molecule has 0 spiro atoms. The predicted molar refractivity (Wildman–Crippen MR) is 68.0 cm³/mol. The number of aromatic nitrogens is 1. The summed E-state index contributed by atoms with van der Waals surface area (Å²) in [7, 11) is 0. The first-order valence-electron chi connectivity index (χ1n) is 5.56. The molecule has 6 nitrogen and oxygen atoms in total. The number of carbonyl (C=O) groups excluding carboxylic acids is 1. The molecule has 7 heteroatoms. The van der Waals surface area contributed by atoms with Gasteiger partial charge in [0.1, 0.15) is 17.2 Å². The molecule has 2 aromatic heterocycles. The van der Waals surface area contributed by atoms with Gasteiger partial charge in [0.2, 0.25) is 0 Å². The summed E-state index contributed by atoms with van der Waals surface area (Å²) >= 11 is 1.44. The molecular formula is C12H12N2O4S. The Hall–Kier alpha value is -2.15. The molecule has 0 aliphatic heterocycles. The van der Waals surface area contributed by atoms with E-state index in [1.54, 1.807) is 6.20 Å². The number of furan rings is 1. The van der Waals surface area contributed by atoms with Crippen LogP contribution in [0.25, 0.3) is 0 Å². The van der Waals surface area contributed by atoms with Crippen LogP contribution in [0.1, 0.15) is 34.1 Å². The van der Waals surface area contributed by atoms with Crippen LogP contribution in [0.3, 0.4) is 0 Å². The van der Waals surface area contributed by atoms with Crippen molar-refractivity contribution in [2.24, 2.45) is 0 Å². The highest BCUT2D eigenvalue weighted by Crippen LogP contribution is 2.17. The van der Waals surface area contributed by atoms with E-state index in [-0.39, 0.29) is 29.7 Å². The lowest BCUT2D eigenvalue weighted by molar-refractivity contribution is -0.136. The van der Waals surface area contributed by atoms with Crippen molar-refractivity contribution >= 4 is 23.2 Å². The number of rotatable bonds is 5. The maximum Gasteiger partial charge on any atom is 0.311 e. The van der Waals surface area contributed by atoms with E-state index in [4.69, 9.17) is 9.52 Å². The number of carboxylic acids is 1. The highest BCUT2D eigenvalue weighted by Gasteiger charge is 2.19. The number of hydrogen-bond donors (Lipinski definition) is 2. The maximum atomic E-state index is 12.0. The molecule has 100 valence electrons. The van der Waals surface area contributed by atoms with Crippen molar-refractivity contribution in [3.8, 4) is 0 Å². The number of nitrogens with one attached hydrogen (secondary N) is 1. The first kappa shape index (κ1) is 13.3. The molecule has 1 unspecified atom stereocenters. The van der Waals surface area contributed by atoms with Crippen molar-refractivity contribution in [2.45, 2.75) is 19.4 Å². The molecule has 0 radical (unpaired) electrons. The number of nitrogens with zero attached hydrogens (tertiary/aromatic N) is 1. The van der Waals surface area contributed by atoms with Gasteiger partial charge in [0.25, 0.3) is 5.91 Å². The van der Waals surface area contributed by atoms with E-state index in [1.165, 1.54) is 23.7 Å². The average Bonchev–Trinajstić information content (AvgIpc) is 2.97. The fourth-order valence-electron chi connectivity index (χ4n) is 1.60. The van der Waals surface area contributed by atoms with Crippen molar-refractivity contribution in [3.05, 3.63) is 40.2 Å². The first-order chi connectivity index (χ1) is 9.08. The molecule has 2 rings (SSSR count). The van der Waals surface area contributed by atoms with E-state index >= 15 is 0 Å². The minimum Gasteiger partial charge on any atom is -0.481 e. The maximum absolute atomic E-state index is 12.0. The lowest BCUT2D eigenvalue weighted by Crippen LogP contribution is -2.27. The monoisotopic (exact) mass is 280 g/mol. The molecule has 1 amide bonds. The van der Waals surface area contributed by atoms with E-state index in [2.05, 4.69) is 10.3 Å². The minimum absolute atomic E-state index is 0.149. The zero-order valence-electron chi connectivity index (χ0n) is 10.1. The Balaban J connectivity index is 2.08. The van der Waals surface area contributed by atoms with Crippen molar-refractivity contribution in [1.82, 2.24) is 10.3 Å². The van der Waals surface area contributed by atoms with Gasteiger partial charge in [-0.15, -0.1) is 11.3 Å². The summed E-state index contributed by atoms with van der Waals surface area (Å²) in [5.41, 5.74) is 0.241. The second-order valence-electron chi connectivity index (χ2n) is 3.89. The molecule has 0 bridgehead atoms. The summed E-state index contributed by atoms with van der Waals surface area (Å²) in [6, 6.07) is 1.22. The SMILES string of the molecule is CC(NC(=O)c1ccoc1CC(=O)O)c1nccs1. The summed E-state index contributed by atoms with van der Waals surface area (Å²) < 4.78 is 5.01. The Kier molecular flexibility index (Phi) is 3.96. The Bertz CT molecular complexity index is 576. The van der Waals surface area contributed by atoms with Crippen molar-refractivity contribution in [1.29, 1.82) is 0 Å². The summed E-state index contributed by atoms with van der Waals surface area (Å²) in [5, 5.41) is 14.1. The molecule has 2 N–H and O–H groups in total. The number of hydrogen-bond acceptors (Lipinski definition) is 5. The van der Waals surface area contributed by atoms with Gasteiger partial charge < -0.3 is 14.8 Å². The first-order valence-corrected chi connectivity index (χ1v) is 6.44. The third-order valence-corrected chi connectivity index (χ3v) is 3.43. The average molecular weight is 280 g/mol. The highest BCUT2D eigenvalue weighted by molar-refractivity contribution is 7.09. The number of carboxylic acid groups (broad SMARTS) is 1. The van der Waals surface area contributed by atoms with E-state index < -0.39 is 5.97 Å². The van der Waals surface area contributed by atoms with E-state index in [0.717, 1.165) is 5.01 Å². The van der Waals surface area contributed by atoms with Crippen LogP contribution in [0.15, 0.2) is 28.3 Å². The van der Waals surface area contributed by atoms with Gasteiger partial charge in [0, 0.05) is 11.6 Å². The molecule has 2 heterocycles. The van der Waals surface area contributed by atoms with Gasteiger partial charge in [0.15, 0.2) is 0 Å². The Morgan fingerprint density at radius 3 is 3.00 bits per heavy atom.